The summed E-state index contributed by atoms with van der Waals surface area (Å²) in [4.78, 5) is 24.8. The Morgan fingerprint density at radius 1 is 1.08 bits per heavy atom. The van der Waals surface area contributed by atoms with Gasteiger partial charge in [0.25, 0.3) is 0 Å². The van der Waals surface area contributed by atoms with Crippen LogP contribution < -0.4 is 0 Å². The van der Waals surface area contributed by atoms with Gasteiger partial charge in [0.05, 0.1) is 16.5 Å². The van der Waals surface area contributed by atoms with Gasteiger partial charge in [0, 0.05) is 17.3 Å². The highest BCUT2D eigenvalue weighted by molar-refractivity contribution is 9.10. The Morgan fingerprint density at radius 2 is 1.72 bits per heavy atom. The third kappa shape index (κ3) is 4.81. The van der Waals surface area contributed by atoms with Crippen LogP contribution in [-0.2, 0) is 14.3 Å². The molecule has 4 aliphatic rings. The van der Waals surface area contributed by atoms with Crippen molar-refractivity contribution < 1.29 is 29.6 Å². The molecule has 220 valence electrons. The van der Waals surface area contributed by atoms with Crippen LogP contribution in [0.3, 0.4) is 0 Å². The van der Waals surface area contributed by atoms with Gasteiger partial charge in [-0.1, -0.05) is 64.3 Å². The second-order valence-electron chi connectivity index (χ2n) is 13.9. The number of alkyl halides is 2. The smallest absolute Gasteiger partial charge is 0.331 e. The summed E-state index contributed by atoms with van der Waals surface area (Å²) in [7, 11) is 0. The predicted molar refractivity (Wildman–Crippen MR) is 159 cm³/mol. The van der Waals surface area contributed by atoms with E-state index in [0.29, 0.717) is 36.8 Å². The van der Waals surface area contributed by atoms with Crippen LogP contribution in [0.25, 0.3) is 0 Å². The molecule has 0 aromatic carbocycles. The fraction of sp³-hybridized carbons (Fsp3) is 0.806. The minimum atomic E-state index is -0.968. The minimum Gasteiger partial charge on any atom is -0.478 e. The maximum absolute atomic E-state index is 12.7. The SMILES string of the molecule is CC(=O)O[C@H]1C[C@@]2(C)[C@H](C[C@@H](O)[C@@H]3[C@@]4(C)CC(Br)[C@@H](O)[C@](C)(Br)C4CC[C@@]32C)C1=C(CCC=C(C)C)C(=O)O. The van der Waals surface area contributed by atoms with Crippen molar-refractivity contribution in [2.75, 3.05) is 0 Å². The van der Waals surface area contributed by atoms with Crippen molar-refractivity contribution in [3.8, 4) is 0 Å². The first-order chi connectivity index (χ1) is 17.9. The minimum absolute atomic E-state index is 0.0503. The zero-order chi connectivity index (χ0) is 29.3. The van der Waals surface area contributed by atoms with Crippen LogP contribution in [0, 0.1) is 34.0 Å². The molecule has 0 aliphatic heterocycles. The number of halogens is 2. The lowest BCUT2D eigenvalue weighted by molar-refractivity contribution is -0.228. The molecule has 0 aromatic rings. The first-order valence-corrected chi connectivity index (χ1v) is 16.1. The van der Waals surface area contributed by atoms with Crippen molar-refractivity contribution in [2.45, 2.75) is 121 Å². The average molecular weight is 675 g/mol. The summed E-state index contributed by atoms with van der Waals surface area (Å²) in [6.07, 6.45) is 4.70. The van der Waals surface area contributed by atoms with Gasteiger partial charge in [-0.3, -0.25) is 4.79 Å². The molecule has 0 amide bonds. The number of ether oxygens (including phenoxy) is 1. The van der Waals surface area contributed by atoms with Crippen molar-refractivity contribution in [2.24, 2.45) is 34.0 Å². The zero-order valence-corrected chi connectivity index (χ0v) is 27.6. The summed E-state index contributed by atoms with van der Waals surface area (Å²) in [6.45, 7) is 14.3. The molecule has 4 aliphatic carbocycles. The fourth-order valence-electron chi connectivity index (χ4n) is 9.86. The Bertz CT molecular complexity index is 1080. The van der Waals surface area contributed by atoms with Crippen LogP contribution in [0.1, 0.15) is 93.4 Å². The molecule has 11 atom stereocenters. The Hall–Kier alpha value is -0.700. The molecule has 4 rings (SSSR count). The van der Waals surface area contributed by atoms with E-state index in [-0.39, 0.29) is 38.8 Å². The molecule has 0 bridgehead atoms. The van der Waals surface area contributed by atoms with Crippen molar-refractivity contribution in [1.29, 1.82) is 0 Å². The second kappa shape index (κ2) is 10.5. The number of carbonyl (C=O) groups excluding carboxylic acids is 1. The predicted octanol–water partition coefficient (Wildman–Crippen LogP) is 6.56. The molecule has 6 nitrogen and oxygen atoms in total. The van der Waals surface area contributed by atoms with Crippen LogP contribution in [0.5, 0.6) is 0 Å². The summed E-state index contributed by atoms with van der Waals surface area (Å²) in [6, 6.07) is 0. The van der Waals surface area contributed by atoms with Crippen LogP contribution >= 0.6 is 31.9 Å². The molecule has 0 aromatic heterocycles. The molecule has 0 spiro atoms. The van der Waals surface area contributed by atoms with Crippen molar-refractivity contribution in [3.63, 3.8) is 0 Å². The van der Waals surface area contributed by atoms with E-state index in [1.807, 2.05) is 19.9 Å². The van der Waals surface area contributed by atoms with Gasteiger partial charge in [0.1, 0.15) is 6.10 Å². The summed E-state index contributed by atoms with van der Waals surface area (Å²) in [5.41, 5.74) is 1.23. The molecular formula is C31H46Br2O6. The molecule has 3 N–H and O–H groups in total. The number of hydrogen-bond acceptors (Lipinski definition) is 5. The van der Waals surface area contributed by atoms with Crippen molar-refractivity contribution >= 4 is 43.8 Å². The number of fused-ring (bicyclic) bond motifs is 5. The third-order valence-corrected chi connectivity index (χ3v) is 13.4. The Kier molecular flexibility index (Phi) is 8.44. The van der Waals surface area contributed by atoms with E-state index in [0.717, 1.165) is 24.8 Å². The highest BCUT2D eigenvalue weighted by Crippen LogP contribution is 2.75. The lowest BCUT2D eigenvalue weighted by Crippen LogP contribution is -2.69. The van der Waals surface area contributed by atoms with Gasteiger partial charge in [0.2, 0.25) is 0 Å². The van der Waals surface area contributed by atoms with Crippen LogP contribution in [0.15, 0.2) is 22.8 Å². The molecule has 8 heteroatoms. The first kappa shape index (κ1) is 31.2. The lowest BCUT2D eigenvalue weighted by atomic mass is 9.36. The Morgan fingerprint density at radius 3 is 2.28 bits per heavy atom. The lowest BCUT2D eigenvalue weighted by Gasteiger charge is -2.70. The number of esters is 1. The maximum Gasteiger partial charge on any atom is 0.331 e. The molecule has 0 radical (unpaired) electrons. The van der Waals surface area contributed by atoms with E-state index in [1.54, 1.807) is 0 Å². The number of aliphatic hydroxyl groups is 2. The van der Waals surface area contributed by atoms with Crippen molar-refractivity contribution in [3.05, 3.63) is 22.8 Å². The van der Waals surface area contributed by atoms with Crippen LogP contribution in [0.2, 0.25) is 0 Å². The van der Waals surface area contributed by atoms with E-state index in [2.05, 4.69) is 59.6 Å². The largest absolute Gasteiger partial charge is 0.478 e. The monoisotopic (exact) mass is 672 g/mol. The highest BCUT2D eigenvalue weighted by atomic mass is 79.9. The van der Waals surface area contributed by atoms with Gasteiger partial charge in [-0.15, -0.1) is 0 Å². The number of carbonyl (C=O) groups is 2. The topological polar surface area (TPSA) is 104 Å². The number of aliphatic carboxylic acids is 1. The summed E-state index contributed by atoms with van der Waals surface area (Å²) in [5.74, 6) is -1.46. The molecular weight excluding hydrogens is 628 g/mol. The maximum atomic E-state index is 12.7. The van der Waals surface area contributed by atoms with E-state index in [4.69, 9.17) is 4.74 Å². The first-order valence-electron chi connectivity index (χ1n) is 14.4. The molecule has 39 heavy (non-hydrogen) atoms. The molecule has 0 saturated heterocycles. The van der Waals surface area contributed by atoms with Gasteiger partial charge >= 0.3 is 11.9 Å². The molecule has 2 unspecified atom stereocenters. The van der Waals surface area contributed by atoms with Gasteiger partial charge in [-0.05, 0) is 105 Å². The standard InChI is InChI=1S/C31H46Br2O6/c1-16(2)9-8-10-18(27(37)38)24-19-13-21(35)25-28(4)14-20(32)26(36)31(7,33)23(28)11-12-29(25,5)30(19,6)15-22(24)39-17(3)34/h9,19-23,25-26,35-36H,8,10-15H2,1-7H3,(H,37,38)/t19-,20?,21-,22+,23?,25-,26-,28+,29+,30+,31-/m1/s1. The second-order valence-corrected chi connectivity index (χ2v) is 16.8. The van der Waals surface area contributed by atoms with Gasteiger partial charge in [0.15, 0.2) is 0 Å². The summed E-state index contributed by atoms with van der Waals surface area (Å²) >= 11 is 7.69. The molecule has 0 heterocycles. The number of rotatable bonds is 5. The quantitative estimate of drug-likeness (QED) is 0.132. The number of allylic oxidation sites excluding steroid dienone is 2. The third-order valence-electron chi connectivity index (χ3n) is 11.5. The fourth-order valence-corrected chi connectivity index (χ4v) is 12.5. The summed E-state index contributed by atoms with van der Waals surface area (Å²) in [5, 5.41) is 33.5. The average Bonchev–Trinajstić information content (AvgIpc) is 3.06. The van der Waals surface area contributed by atoms with Gasteiger partial charge in [-0.2, -0.15) is 0 Å². The zero-order valence-electron chi connectivity index (χ0n) is 24.4. The van der Waals surface area contributed by atoms with Crippen LogP contribution in [0.4, 0.5) is 0 Å². The number of aliphatic hydroxyl groups excluding tert-OH is 2. The summed E-state index contributed by atoms with van der Waals surface area (Å²) < 4.78 is 5.40. The van der Waals surface area contributed by atoms with Crippen molar-refractivity contribution in [1.82, 2.24) is 0 Å². The normalized spacial score (nSPS) is 48.3. The van der Waals surface area contributed by atoms with E-state index < -0.39 is 34.6 Å². The number of carboxylic acids is 1. The van der Waals surface area contributed by atoms with Gasteiger partial charge < -0.3 is 20.1 Å². The Labute approximate surface area is 250 Å². The Balaban J connectivity index is 1.85. The molecule has 4 fully saturated rings. The van der Waals surface area contributed by atoms with E-state index in [9.17, 15) is 24.9 Å². The van der Waals surface area contributed by atoms with Gasteiger partial charge in [-0.25, -0.2) is 4.79 Å². The number of hydrogen-bond donors (Lipinski definition) is 3. The van der Waals surface area contributed by atoms with E-state index in [1.165, 1.54) is 6.92 Å². The number of carboxylic acid groups (broad SMARTS) is 1. The van der Waals surface area contributed by atoms with Crippen LogP contribution in [-0.4, -0.2) is 54.7 Å². The van der Waals surface area contributed by atoms with E-state index >= 15 is 0 Å². The molecule has 4 saturated carbocycles. The highest BCUT2D eigenvalue weighted by Gasteiger charge is 2.72.